The lowest BCUT2D eigenvalue weighted by molar-refractivity contribution is 0.395. The zero-order valence-electron chi connectivity index (χ0n) is 11.0. The van der Waals surface area contributed by atoms with Gasteiger partial charge >= 0.3 is 0 Å². The highest BCUT2D eigenvalue weighted by atomic mass is 35.5. The van der Waals surface area contributed by atoms with E-state index in [2.05, 4.69) is 0 Å². The molecule has 0 fully saturated rings. The molecule has 4 nitrogen and oxygen atoms in total. The Morgan fingerprint density at radius 1 is 1.45 bits per heavy atom. The SMILES string of the molecule is CC(CN)N(C)S(=O)(=O)c1csc2ccc(Cl)cc12.Cl. The van der Waals surface area contributed by atoms with Crippen LogP contribution in [-0.2, 0) is 10.0 Å². The van der Waals surface area contributed by atoms with Gasteiger partial charge in [-0.15, -0.1) is 23.7 Å². The summed E-state index contributed by atoms with van der Waals surface area (Å²) >= 11 is 7.33. The van der Waals surface area contributed by atoms with Gasteiger partial charge < -0.3 is 5.73 Å². The van der Waals surface area contributed by atoms with Gasteiger partial charge in [0.15, 0.2) is 0 Å². The number of nitrogens with zero attached hydrogens (tertiary/aromatic N) is 1. The summed E-state index contributed by atoms with van der Waals surface area (Å²) in [6, 6.07) is 5.01. The van der Waals surface area contributed by atoms with Crippen molar-refractivity contribution < 1.29 is 8.42 Å². The molecule has 0 bridgehead atoms. The summed E-state index contributed by atoms with van der Waals surface area (Å²) in [6.07, 6.45) is 0. The topological polar surface area (TPSA) is 63.4 Å². The van der Waals surface area contributed by atoms with Crippen molar-refractivity contribution in [2.45, 2.75) is 17.9 Å². The molecule has 8 heteroatoms. The fourth-order valence-corrected chi connectivity index (χ4v) is 4.71. The minimum atomic E-state index is -3.55. The van der Waals surface area contributed by atoms with Crippen molar-refractivity contribution in [3.8, 4) is 0 Å². The van der Waals surface area contributed by atoms with Gasteiger partial charge in [0.05, 0.1) is 0 Å². The van der Waals surface area contributed by atoms with Crippen LogP contribution in [0, 0.1) is 0 Å². The number of hydrogen-bond donors (Lipinski definition) is 1. The van der Waals surface area contributed by atoms with Crippen LogP contribution in [0.2, 0.25) is 5.02 Å². The van der Waals surface area contributed by atoms with Crippen LogP contribution in [0.1, 0.15) is 6.92 Å². The molecule has 2 rings (SSSR count). The van der Waals surface area contributed by atoms with Crippen molar-refractivity contribution >= 4 is 55.5 Å². The molecular formula is C12H16Cl2N2O2S2. The molecule has 1 atom stereocenters. The lowest BCUT2D eigenvalue weighted by Gasteiger charge is -2.22. The van der Waals surface area contributed by atoms with E-state index in [-0.39, 0.29) is 29.9 Å². The van der Waals surface area contributed by atoms with Crippen molar-refractivity contribution in [1.29, 1.82) is 0 Å². The number of likely N-dealkylation sites (N-methyl/N-ethyl adjacent to an activating group) is 1. The van der Waals surface area contributed by atoms with Crippen LogP contribution in [0.4, 0.5) is 0 Å². The number of thiophene rings is 1. The van der Waals surface area contributed by atoms with E-state index in [4.69, 9.17) is 17.3 Å². The first-order valence-electron chi connectivity index (χ1n) is 5.72. The number of rotatable bonds is 4. The van der Waals surface area contributed by atoms with E-state index in [0.717, 1.165) is 4.70 Å². The Morgan fingerprint density at radius 2 is 2.10 bits per heavy atom. The van der Waals surface area contributed by atoms with Crippen LogP contribution in [0.5, 0.6) is 0 Å². The molecule has 0 aliphatic heterocycles. The zero-order chi connectivity index (χ0) is 14.2. The lowest BCUT2D eigenvalue weighted by Crippen LogP contribution is -2.39. The summed E-state index contributed by atoms with van der Waals surface area (Å²) in [6.45, 7) is 2.05. The largest absolute Gasteiger partial charge is 0.329 e. The van der Waals surface area contributed by atoms with Gasteiger partial charge in [-0.3, -0.25) is 0 Å². The third kappa shape index (κ3) is 3.10. The van der Waals surface area contributed by atoms with Crippen LogP contribution >= 0.6 is 35.3 Å². The third-order valence-electron chi connectivity index (χ3n) is 3.12. The van der Waals surface area contributed by atoms with Crippen LogP contribution in [0.3, 0.4) is 0 Å². The van der Waals surface area contributed by atoms with E-state index in [0.29, 0.717) is 10.4 Å². The van der Waals surface area contributed by atoms with Crippen molar-refractivity contribution in [3.63, 3.8) is 0 Å². The molecule has 20 heavy (non-hydrogen) atoms. The van der Waals surface area contributed by atoms with Gasteiger partial charge in [-0.1, -0.05) is 11.6 Å². The summed E-state index contributed by atoms with van der Waals surface area (Å²) < 4.78 is 27.3. The number of fused-ring (bicyclic) bond motifs is 1. The fraction of sp³-hybridized carbons (Fsp3) is 0.333. The van der Waals surface area contributed by atoms with Crippen LogP contribution < -0.4 is 5.73 Å². The molecule has 1 heterocycles. The van der Waals surface area contributed by atoms with Gasteiger partial charge in [0.2, 0.25) is 10.0 Å². The van der Waals surface area contributed by atoms with Gasteiger partial charge in [0.1, 0.15) is 4.90 Å². The molecule has 2 aromatic rings. The molecule has 0 radical (unpaired) electrons. The molecule has 1 unspecified atom stereocenters. The molecule has 1 aromatic heterocycles. The van der Waals surface area contributed by atoms with E-state index in [9.17, 15) is 8.42 Å². The highest BCUT2D eigenvalue weighted by molar-refractivity contribution is 7.89. The highest BCUT2D eigenvalue weighted by Crippen LogP contribution is 2.33. The fourth-order valence-electron chi connectivity index (χ4n) is 1.72. The van der Waals surface area contributed by atoms with E-state index >= 15 is 0 Å². The Labute approximate surface area is 134 Å². The number of benzene rings is 1. The van der Waals surface area contributed by atoms with Crippen molar-refractivity contribution in [1.82, 2.24) is 4.31 Å². The van der Waals surface area contributed by atoms with Crippen LogP contribution in [0.25, 0.3) is 10.1 Å². The van der Waals surface area contributed by atoms with Crippen molar-refractivity contribution in [2.24, 2.45) is 5.73 Å². The maximum atomic E-state index is 12.6. The summed E-state index contributed by atoms with van der Waals surface area (Å²) in [5.41, 5.74) is 5.54. The maximum Gasteiger partial charge on any atom is 0.244 e. The second kappa shape index (κ2) is 6.60. The van der Waals surface area contributed by atoms with Gasteiger partial charge in [0, 0.05) is 40.1 Å². The average Bonchev–Trinajstić information content (AvgIpc) is 2.80. The Bertz CT molecular complexity index is 701. The molecule has 0 amide bonds. The third-order valence-corrected chi connectivity index (χ3v) is 6.48. The Hall–Kier alpha value is -0.370. The number of nitrogens with two attached hydrogens (primary N) is 1. The predicted molar refractivity (Wildman–Crippen MR) is 87.5 cm³/mol. The average molecular weight is 355 g/mol. The molecule has 2 N–H and O–H groups in total. The zero-order valence-corrected chi connectivity index (χ0v) is 14.2. The normalized spacial score (nSPS) is 13.4. The summed E-state index contributed by atoms with van der Waals surface area (Å²) in [5, 5.41) is 2.83. The smallest absolute Gasteiger partial charge is 0.244 e. The minimum Gasteiger partial charge on any atom is -0.329 e. The molecule has 112 valence electrons. The monoisotopic (exact) mass is 354 g/mol. The quantitative estimate of drug-likeness (QED) is 0.917. The molecule has 1 aromatic carbocycles. The second-order valence-corrected chi connectivity index (χ2v) is 7.66. The summed E-state index contributed by atoms with van der Waals surface area (Å²) in [7, 11) is -2.00. The molecule has 0 aliphatic rings. The second-order valence-electron chi connectivity index (χ2n) is 4.35. The molecule has 0 saturated carbocycles. The Balaban J connectivity index is 0.00000200. The van der Waals surface area contributed by atoms with Crippen molar-refractivity contribution in [2.75, 3.05) is 13.6 Å². The highest BCUT2D eigenvalue weighted by Gasteiger charge is 2.27. The predicted octanol–water partition coefficient (Wildman–Crippen LogP) is 2.94. The van der Waals surface area contributed by atoms with E-state index in [1.165, 1.54) is 15.6 Å². The van der Waals surface area contributed by atoms with E-state index in [1.807, 2.05) is 6.07 Å². The van der Waals surface area contributed by atoms with Crippen molar-refractivity contribution in [3.05, 3.63) is 28.6 Å². The van der Waals surface area contributed by atoms with Gasteiger partial charge in [-0.05, 0) is 25.1 Å². The Morgan fingerprint density at radius 3 is 2.70 bits per heavy atom. The number of sulfonamides is 1. The molecule has 0 aliphatic carbocycles. The van der Waals surface area contributed by atoms with Gasteiger partial charge in [0.25, 0.3) is 0 Å². The van der Waals surface area contributed by atoms with E-state index in [1.54, 1.807) is 31.5 Å². The van der Waals surface area contributed by atoms with E-state index < -0.39 is 10.0 Å². The molecule has 0 spiro atoms. The van der Waals surface area contributed by atoms with Crippen LogP contribution in [-0.4, -0.2) is 32.4 Å². The van der Waals surface area contributed by atoms with Gasteiger partial charge in [-0.2, -0.15) is 4.31 Å². The first-order valence-corrected chi connectivity index (χ1v) is 8.42. The summed E-state index contributed by atoms with van der Waals surface area (Å²) in [5.74, 6) is 0. The molecule has 0 saturated heterocycles. The first-order chi connectivity index (χ1) is 8.87. The number of hydrogen-bond acceptors (Lipinski definition) is 4. The first kappa shape index (κ1) is 17.7. The summed E-state index contributed by atoms with van der Waals surface area (Å²) in [4.78, 5) is 0.290. The number of halogens is 2. The maximum absolute atomic E-state index is 12.6. The molecular weight excluding hydrogens is 339 g/mol. The minimum absolute atomic E-state index is 0. The standard InChI is InChI=1S/C12H15ClN2O2S2.ClH/c1-8(6-14)15(2)19(16,17)12-7-18-11-4-3-9(13)5-10(11)12;/h3-5,7-8H,6,14H2,1-2H3;1H. The van der Waals surface area contributed by atoms with Gasteiger partial charge in [-0.25, -0.2) is 8.42 Å². The van der Waals surface area contributed by atoms with Crippen LogP contribution in [0.15, 0.2) is 28.5 Å². The Kier molecular flexibility index (Phi) is 5.83. The lowest BCUT2D eigenvalue weighted by atomic mass is 10.3.